The summed E-state index contributed by atoms with van der Waals surface area (Å²) in [4.78, 5) is 14.1. The van der Waals surface area contributed by atoms with E-state index in [4.69, 9.17) is 10.5 Å². The normalized spacial score (nSPS) is 16.0. The van der Waals surface area contributed by atoms with Crippen LogP contribution in [0.5, 0.6) is 0 Å². The predicted octanol–water partition coefficient (Wildman–Crippen LogP) is 1.36. The zero-order valence-electron chi connectivity index (χ0n) is 10.3. The van der Waals surface area contributed by atoms with Crippen LogP contribution in [0.1, 0.15) is 21.5 Å². The van der Waals surface area contributed by atoms with Crippen molar-refractivity contribution in [2.24, 2.45) is 0 Å². The predicted molar refractivity (Wildman–Crippen MR) is 67.1 cm³/mol. The van der Waals surface area contributed by atoms with E-state index in [-0.39, 0.29) is 5.91 Å². The Balaban J connectivity index is 2.27. The molecule has 92 valence electrons. The molecule has 2 N–H and O–H groups in total. The Hall–Kier alpha value is -1.55. The number of ether oxygens (including phenoxy) is 1. The molecule has 0 saturated carbocycles. The highest BCUT2D eigenvalue weighted by atomic mass is 16.5. The lowest BCUT2D eigenvalue weighted by atomic mass is 10.0. The summed E-state index contributed by atoms with van der Waals surface area (Å²) in [6, 6.07) is 3.62. The number of morpholine rings is 1. The highest BCUT2D eigenvalue weighted by Gasteiger charge is 2.20. The number of amides is 1. The summed E-state index contributed by atoms with van der Waals surface area (Å²) < 4.78 is 5.24. The lowest BCUT2D eigenvalue weighted by molar-refractivity contribution is 0.0302. The monoisotopic (exact) mass is 234 g/mol. The number of hydrogen-bond donors (Lipinski definition) is 1. The molecule has 1 aliphatic rings. The van der Waals surface area contributed by atoms with Gasteiger partial charge in [-0.15, -0.1) is 0 Å². The number of rotatable bonds is 1. The average molecular weight is 234 g/mol. The van der Waals surface area contributed by atoms with Crippen LogP contribution >= 0.6 is 0 Å². The maximum atomic E-state index is 12.3. The van der Waals surface area contributed by atoms with Gasteiger partial charge in [0.05, 0.1) is 13.2 Å². The highest BCUT2D eigenvalue weighted by molar-refractivity contribution is 5.96. The number of hydrogen-bond acceptors (Lipinski definition) is 3. The number of carbonyl (C=O) groups excluding carboxylic acids is 1. The number of nitrogen functional groups attached to an aromatic ring is 1. The Morgan fingerprint density at radius 2 is 1.88 bits per heavy atom. The van der Waals surface area contributed by atoms with Gasteiger partial charge in [0.1, 0.15) is 0 Å². The number of carbonyl (C=O) groups is 1. The quantitative estimate of drug-likeness (QED) is 0.746. The van der Waals surface area contributed by atoms with Gasteiger partial charge in [-0.1, -0.05) is 0 Å². The van der Waals surface area contributed by atoms with E-state index in [2.05, 4.69) is 0 Å². The number of nitrogens with zero attached hydrogens (tertiary/aromatic N) is 1. The Kier molecular flexibility index (Phi) is 3.33. The minimum Gasteiger partial charge on any atom is -0.399 e. The molecule has 0 unspecified atom stereocenters. The summed E-state index contributed by atoms with van der Waals surface area (Å²) in [5, 5.41) is 0. The van der Waals surface area contributed by atoms with Crippen molar-refractivity contribution in [2.75, 3.05) is 32.0 Å². The summed E-state index contributed by atoms with van der Waals surface area (Å²) in [6.45, 7) is 6.47. The second-order valence-electron chi connectivity index (χ2n) is 4.36. The molecular formula is C13H18N2O2. The van der Waals surface area contributed by atoms with Gasteiger partial charge in [0, 0.05) is 24.3 Å². The molecule has 0 bridgehead atoms. The van der Waals surface area contributed by atoms with Crippen LogP contribution in [0.2, 0.25) is 0 Å². The fourth-order valence-electron chi connectivity index (χ4n) is 2.01. The Bertz CT molecular complexity index is 437. The second kappa shape index (κ2) is 4.75. The van der Waals surface area contributed by atoms with Crippen LogP contribution in [0.4, 0.5) is 5.69 Å². The van der Waals surface area contributed by atoms with Crippen LogP contribution in [-0.4, -0.2) is 37.1 Å². The Labute approximate surface area is 101 Å². The minimum absolute atomic E-state index is 0.0777. The molecule has 0 aliphatic carbocycles. The van der Waals surface area contributed by atoms with Crippen molar-refractivity contribution in [1.29, 1.82) is 0 Å². The standard InChI is InChI=1S/C13H18N2O2/c1-9-10(2)12(14)4-3-11(9)13(16)15-5-7-17-8-6-15/h3-4H,5-8,14H2,1-2H3. The number of nitrogens with two attached hydrogens (primary N) is 1. The largest absolute Gasteiger partial charge is 0.399 e. The van der Waals surface area contributed by atoms with Crippen molar-refractivity contribution >= 4 is 11.6 Å². The average Bonchev–Trinajstić information content (AvgIpc) is 2.36. The van der Waals surface area contributed by atoms with Gasteiger partial charge in [-0.25, -0.2) is 0 Å². The zero-order chi connectivity index (χ0) is 12.4. The van der Waals surface area contributed by atoms with E-state index in [1.54, 1.807) is 6.07 Å². The maximum absolute atomic E-state index is 12.3. The smallest absolute Gasteiger partial charge is 0.254 e. The molecule has 1 saturated heterocycles. The van der Waals surface area contributed by atoms with Crippen molar-refractivity contribution in [1.82, 2.24) is 4.90 Å². The van der Waals surface area contributed by atoms with Crippen molar-refractivity contribution < 1.29 is 9.53 Å². The third kappa shape index (κ3) is 2.26. The van der Waals surface area contributed by atoms with Crippen molar-refractivity contribution in [3.05, 3.63) is 28.8 Å². The van der Waals surface area contributed by atoms with Crippen LogP contribution in [0.3, 0.4) is 0 Å². The molecule has 4 heteroatoms. The van der Waals surface area contributed by atoms with Gasteiger partial charge in [0.25, 0.3) is 5.91 Å². The van der Waals surface area contributed by atoms with Gasteiger partial charge in [0.15, 0.2) is 0 Å². The highest BCUT2D eigenvalue weighted by Crippen LogP contribution is 2.21. The Morgan fingerprint density at radius 3 is 2.53 bits per heavy atom. The fourth-order valence-corrected chi connectivity index (χ4v) is 2.01. The summed E-state index contributed by atoms with van der Waals surface area (Å²) >= 11 is 0. The molecule has 1 aliphatic heterocycles. The molecule has 1 aromatic rings. The van der Waals surface area contributed by atoms with Crippen LogP contribution in [-0.2, 0) is 4.74 Å². The van der Waals surface area contributed by atoms with Gasteiger partial charge < -0.3 is 15.4 Å². The van der Waals surface area contributed by atoms with E-state index in [0.29, 0.717) is 26.3 Å². The summed E-state index contributed by atoms with van der Waals surface area (Å²) in [7, 11) is 0. The summed E-state index contributed by atoms with van der Waals surface area (Å²) in [5.41, 5.74) is 9.27. The molecule has 1 heterocycles. The Morgan fingerprint density at radius 1 is 1.24 bits per heavy atom. The first-order valence-electron chi connectivity index (χ1n) is 5.84. The zero-order valence-corrected chi connectivity index (χ0v) is 10.3. The van der Waals surface area contributed by atoms with E-state index in [1.807, 2.05) is 24.8 Å². The summed E-state index contributed by atoms with van der Waals surface area (Å²) in [5.74, 6) is 0.0777. The van der Waals surface area contributed by atoms with E-state index in [1.165, 1.54) is 0 Å². The molecule has 0 atom stereocenters. The molecular weight excluding hydrogens is 216 g/mol. The molecule has 17 heavy (non-hydrogen) atoms. The molecule has 0 radical (unpaired) electrons. The van der Waals surface area contributed by atoms with Crippen LogP contribution in [0.25, 0.3) is 0 Å². The second-order valence-corrected chi connectivity index (χ2v) is 4.36. The molecule has 0 aromatic heterocycles. The number of benzene rings is 1. The van der Waals surface area contributed by atoms with E-state index in [9.17, 15) is 4.79 Å². The lowest BCUT2D eigenvalue weighted by Crippen LogP contribution is -2.41. The van der Waals surface area contributed by atoms with Crippen molar-refractivity contribution in [3.63, 3.8) is 0 Å². The molecule has 1 amide bonds. The SMILES string of the molecule is Cc1c(N)ccc(C(=O)N2CCOCC2)c1C. The van der Waals surface area contributed by atoms with E-state index in [0.717, 1.165) is 22.4 Å². The van der Waals surface area contributed by atoms with Gasteiger partial charge in [0.2, 0.25) is 0 Å². The molecule has 4 nitrogen and oxygen atoms in total. The van der Waals surface area contributed by atoms with E-state index >= 15 is 0 Å². The van der Waals surface area contributed by atoms with Gasteiger partial charge in [-0.2, -0.15) is 0 Å². The maximum Gasteiger partial charge on any atom is 0.254 e. The van der Waals surface area contributed by atoms with E-state index < -0.39 is 0 Å². The molecule has 1 fully saturated rings. The van der Waals surface area contributed by atoms with Crippen LogP contribution < -0.4 is 5.73 Å². The fraction of sp³-hybridized carbons (Fsp3) is 0.462. The third-order valence-corrected chi connectivity index (χ3v) is 3.36. The molecule has 2 rings (SSSR count). The first-order chi connectivity index (χ1) is 8.11. The molecule has 0 spiro atoms. The molecule has 1 aromatic carbocycles. The minimum atomic E-state index is 0.0777. The topological polar surface area (TPSA) is 55.6 Å². The van der Waals surface area contributed by atoms with Crippen LogP contribution in [0, 0.1) is 13.8 Å². The summed E-state index contributed by atoms with van der Waals surface area (Å²) in [6.07, 6.45) is 0. The van der Waals surface area contributed by atoms with Gasteiger partial charge in [-0.3, -0.25) is 4.79 Å². The van der Waals surface area contributed by atoms with Gasteiger partial charge >= 0.3 is 0 Å². The third-order valence-electron chi connectivity index (χ3n) is 3.36. The van der Waals surface area contributed by atoms with Crippen LogP contribution in [0.15, 0.2) is 12.1 Å². The van der Waals surface area contributed by atoms with Crippen molar-refractivity contribution in [3.8, 4) is 0 Å². The first-order valence-corrected chi connectivity index (χ1v) is 5.84. The van der Waals surface area contributed by atoms with Gasteiger partial charge in [-0.05, 0) is 37.1 Å². The number of anilines is 1. The first kappa shape index (κ1) is 11.9. The van der Waals surface area contributed by atoms with Crippen molar-refractivity contribution in [2.45, 2.75) is 13.8 Å². The lowest BCUT2D eigenvalue weighted by Gasteiger charge is -2.27.